The van der Waals surface area contributed by atoms with Crippen molar-refractivity contribution in [3.63, 3.8) is 0 Å². The van der Waals surface area contributed by atoms with Crippen molar-refractivity contribution >= 4 is 27.8 Å². The lowest BCUT2D eigenvalue weighted by Crippen LogP contribution is -2.45. The first-order valence-corrected chi connectivity index (χ1v) is 11.9. The van der Waals surface area contributed by atoms with Gasteiger partial charge >= 0.3 is 0 Å². The monoisotopic (exact) mass is 444 g/mol. The second kappa shape index (κ2) is 9.00. The van der Waals surface area contributed by atoms with Crippen LogP contribution in [0.3, 0.4) is 0 Å². The third-order valence-electron chi connectivity index (χ3n) is 6.68. The molecule has 0 radical (unpaired) electrons. The molecular formula is C26H32N6O. The van der Waals surface area contributed by atoms with Crippen LogP contribution in [-0.4, -0.2) is 50.6 Å². The molecule has 1 aliphatic rings. The zero-order valence-corrected chi connectivity index (χ0v) is 19.2. The SMILES string of the molecule is CCn1c(-c2nc3cc(C(=O)N4CCC[C@H](N)C4)ccc3n2CCCN)cc2ccccc21. The minimum Gasteiger partial charge on any atom is -0.338 e. The van der Waals surface area contributed by atoms with Crippen LogP contribution in [0.15, 0.2) is 48.5 Å². The van der Waals surface area contributed by atoms with Gasteiger partial charge in [0.05, 0.1) is 16.7 Å². The number of amides is 1. The topological polar surface area (TPSA) is 95.1 Å². The molecule has 0 aliphatic carbocycles. The van der Waals surface area contributed by atoms with Gasteiger partial charge in [0.15, 0.2) is 5.82 Å². The normalized spacial score (nSPS) is 16.7. The minimum absolute atomic E-state index is 0.0350. The van der Waals surface area contributed by atoms with Gasteiger partial charge in [0.2, 0.25) is 0 Å². The molecule has 4 aromatic rings. The van der Waals surface area contributed by atoms with Crippen molar-refractivity contribution in [1.82, 2.24) is 19.0 Å². The van der Waals surface area contributed by atoms with Crippen molar-refractivity contribution in [2.45, 2.75) is 45.3 Å². The molecular weight excluding hydrogens is 412 g/mol. The summed E-state index contributed by atoms with van der Waals surface area (Å²) in [5.74, 6) is 0.953. The molecule has 1 amide bonds. The van der Waals surface area contributed by atoms with Crippen LogP contribution in [0.5, 0.6) is 0 Å². The predicted octanol–water partition coefficient (Wildman–Crippen LogP) is 3.59. The highest BCUT2D eigenvalue weighted by atomic mass is 16.2. The van der Waals surface area contributed by atoms with Gasteiger partial charge in [0.1, 0.15) is 0 Å². The first-order chi connectivity index (χ1) is 16.1. The van der Waals surface area contributed by atoms with Crippen molar-refractivity contribution in [2.75, 3.05) is 19.6 Å². The van der Waals surface area contributed by atoms with E-state index in [1.165, 1.54) is 10.9 Å². The van der Waals surface area contributed by atoms with Crippen molar-refractivity contribution in [2.24, 2.45) is 11.5 Å². The van der Waals surface area contributed by atoms with E-state index in [0.717, 1.165) is 61.4 Å². The van der Waals surface area contributed by atoms with E-state index < -0.39 is 0 Å². The van der Waals surface area contributed by atoms with Crippen LogP contribution < -0.4 is 11.5 Å². The number of carbonyl (C=O) groups excluding carboxylic acids is 1. The standard InChI is InChI=1S/C26H32N6O/c1-2-31-22-9-4-3-7-18(22)16-24(31)25-29-21-15-19(10-11-23(21)32(25)14-6-12-27)26(33)30-13-5-8-20(28)17-30/h3-4,7,9-11,15-16,20H,2,5-6,8,12-14,17,27-28H2,1H3/t20-/m0/s1. The van der Waals surface area contributed by atoms with Gasteiger partial charge in [-0.1, -0.05) is 18.2 Å². The molecule has 5 rings (SSSR count). The summed E-state index contributed by atoms with van der Waals surface area (Å²) in [5, 5.41) is 1.20. The number of nitrogens with two attached hydrogens (primary N) is 2. The predicted molar refractivity (Wildman–Crippen MR) is 133 cm³/mol. The molecule has 0 saturated carbocycles. The number of hydrogen-bond donors (Lipinski definition) is 2. The van der Waals surface area contributed by atoms with Crippen LogP contribution in [0.1, 0.15) is 36.5 Å². The fourth-order valence-electron chi connectivity index (χ4n) is 5.05. The highest BCUT2D eigenvalue weighted by molar-refractivity contribution is 5.98. The Labute approximate surface area is 194 Å². The van der Waals surface area contributed by atoms with Gasteiger partial charge in [-0.3, -0.25) is 4.79 Å². The Morgan fingerprint density at radius 3 is 2.76 bits per heavy atom. The molecule has 0 spiro atoms. The molecule has 2 aromatic heterocycles. The van der Waals surface area contributed by atoms with Crippen LogP contribution in [0.2, 0.25) is 0 Å². The van der Waals surface area contributed by atoms with Crippen LogP contribution in [0.25, 0.3) is 33.5 Å². The van der Waals surface area contributed by atoms with Crippen molar-refractivity contribution in [3.8, 4) is 11.5 Å². The summed E-state index contributed by atoms with van der Waals surface area (Å²) in [6.07, 6.45) is 2.79. The molecule has 0 unspecified atom stereocenters. The van der Waals surface area contributed by atoms with Gasteiger partial charge in [-0.25, -0.2) is 4.98 Å². The van der Waals surface area contributed by atoms with Gasteiger partial charge in [-0.15, -0.1) is 0 Å². The maximum atomic E-state index is 13.2. The van der Waals surface area contributed by atoms with Gasteiger partial charge in [0.25, 0.3) is 5.91 Å². The maximum absolute atomic E-state index is 13.2. The summed E-state index contributed by atoms with van der Waals surface area (Å²) >= 11 is 0. The van der Waals surface area contributed by atoms with E-state index in [0.29, 0.717) is 18.7 Å². The first kappa shape index (κ1) is 21.7. The van der Waals surface area contributed by atoms with E-state index in [1.54, 1.807) is 0 Å². The number of benzene rings is 2. The number of aryl methyl sites for hydroxylation is 2. The molecule has 33 heavy (non-hydrogen) atoms. The smallest absolute Gasteiger partial charge is 0.253 e. The lowest BCUT2D eigenvalue weighted by atomic mass is 10.1. The van der Waals surface area contributed by atoms with Gasteiger partial charge in [0, 0.05) is 48.7 Å². The van der Waals surface area contributed by atoms with Crippen LogP contribution in [-0.2, 0) is 13.1 Å². The van der Waals surface area contributed by atoms with Gasteiger partial charge in [-0.05, 0) is 63.1 Å². The number of aromatic nitrogens is 3. The molecule has 7 heteroatoms. The number of nitrogens with zero attached hydrogens (tertiary/aromatic N) is 4. The van der Waals surface area contributed by atoms with Gasteiger partial charge in [-0.2, -0.15) is 0 Å². The second-order valence-corrected chi connectivity index (χ2v) is 8.92. The average Bonchev–Trinajstić information content (AvgIpc) is 3.39. The lowest BCUT2D eigenvalue weighted by molar-refractivity contribution is 0.0709. The number of hydrogen-bond acceptors (Lipinski definition) is 4. The van der Waals surface area contributed by atoms with Gasteiger partial charge < -0.3 is 25.5 Å². The molecule has 1 fully saturated rings. The largest absolute Gasteiger partial charge is 0.338 e. The Bertz CT molecular complexity index is 1300. The number of likely N-dealkylation sites (tertiary alicyclic amines) is 1. The third kappa shape index (κ3) is 3.92. The van der Waals surface area contributed by atoms with E-state index in [9.17, 15) is 4.79 Å². The summed E-state index contributed by atoms with van der Waals surface area (Å²) in [5.41, 5.74) is 16.8. The number of carbonyl (C=O) groups is 1. The zero-order valence-electron chi connectivity index (χ0n) is 19.2. The quantitative estimate of drug-likeness (QED) is 0.475. The minimum atomic E-state index is 0.0350. The third-order valence-corrected chi connectivity index (χ3v) is 6.68. The van der Waals surface area contributed by atoms with Crippen molar-refractivity contribution < 1.29 is 4.79 Å². The fourth-order valence-corrected chi connectivity index (χ4v) is 5.05. The van der Waals surface area contributed by atoms with Crippen molar-refractivity contribution in [3.05, 3.63) is 54.1 Å². The molecule has 172 valence electrons. The van der Waals surface area contributed by atoms with E-state index in [2.05, 4.69) is 46.4 Å². The fraction of sp³-hybridized carbons (Fsp3) is 0.385. The first-order valence-electron chi connectivity index (χ1n) is 11.9. The highest BCUT2D eigenvalue weighted by Gasteiger charge is 2.24. The summed E-state index contributed by atoms with van der Waals surface area (Å²) in [6.45, 7) is 5.77. The number of rotatable bonds is 6. The Morgan fingerprint density at radius 1 is 1.12 bits per heavy atom. The summed E-state index contributed by atoms with van der Waals surface area (Å²) < 4.78 is 4.55. The van der Waals surface area contributed by atoms with E-state index in [-0.39, 0.29) is 11.9 Å². The molecule has 2 aromatic carbocycles. The Balaban J connectivity index is 1.61. The van der Waals surface area contributed by atoms with E-state index in [4.69, 9.17) is 16.5 Å². The molecule has 3 heterocycles. The Morgan fingerprint density at radius 2 is 1.97 bits per heavy atom. The second-order valence-electron chi connectivity index (χ2n) is 8.92. The summed E-state index contributed by atoms with van der Waals surface area (Å²) in [6, 6.07) is 16.6. The maximum Gasteiger partial charge on any atom is 0.253 e. The molecule has 7 nitrogen and oxygen atoms in total. The highest BCUT2D eigenvalue weighted by Crippen LogP contribution is 2.31. The van der Waals surface area contributed by atoms with E-state index >= 15 is 0 Å². The van der Waals surface area contributed by atoms with Crippen molar-refractivity contribution in [1.29, 1.82) is 0 Å². The lowest BCUT2D eigenvalue weighted by Gasteiger charge is -2.30. The Hall–Kier alpha value is -3.16. The summed E-state index contributed by atoms with van der Waals surface area (Å²) in [4.78, 5) is 20.1. The Kier molecular flexibility index (Phi) is 5.91. The molecule has 1 atom stereocenters. The molecule has 1 aliphatic heterocycles. The zero-order chi connectivity index (χ0) is 22.9. The van der Waals surface area contributed by atoms with Crippen LogP contribution >= 0.6 is 0 Å². The number of imidazole rings is 1. The number of para-hydroxylation sites is 1. The van der Waals surface area contributed by atoms with Crippen LogP contribution in [0, 0.1) is 0 Å². The average molecular weight is 445 g/mol. The molecule has 0 bridgehead atoms. The number of fused-ring (bicyclic) bond motifs is 2. The molecule has 4 N–H and O–H groups in total. The van der Waals surface area contributed by atoms with Crippen LogP contribution in [0.4, 0.5) is 0 Å². The number of piperidine rings is 1. The molecule has 1 saturated heterocycles. The summed E-state index contributed by atoms with van der Waals surface area (Å²) in [7, 11) is 0. The van der Waals surface area contributed by atoms with E-state index in [1.807, 2.05) is 23.1 Å².